The molecule has 1 saturated heterocycles. The first kappa shape index (κ1) is 21.6. The van der Waals surface area contributed by atoms with Gasteiger partial charge in [0.05, 0.1) is 24.3 Å². The summed E-state index contributed by atoms with van der Waals surface area (Å²) in [4.78, 5) is 12.2. The summed E-state index contributed by atoms with van der Waals surface area (Å²) < 4.78 is 32.8. The molecule has 0 aliphatic carbocycles. The Kier molecular flexibility index (Phi) is 7.54. The minimum Gasteiger partial charge on any atom is -0.379 e. The molecule has 9 heteroatoms. The predicted octanol–water partition coefficient (Wildman–Crippen LogP) is 2.55. The van der Waals surface area contributed by atoms with E-state index < -0.39 is 10.0 Å². The molecule has 0 radical (unpaired) electrons. The lowest BCUT2D eigenvalue weighted by Crippen LogP contribution is -2.40. The standard InChI is InChI=1S/C20H22BrN3O4S/c21-18-3-1-2-17(14-18)15-22-23-20(25)9-6-16-4-7-19(8-5-16)29(26,27)24-10-12-28-13-11-24/h1-5,7-8,14-15H,6,9-13H2,(H,23,25)/b22-15+. The zero-order chi connectivity index (χ0) is 20.7. The van der Waals surface area contributed by atoms with Crippen molar-refractivity contribution in [2.24, 2.45) is 5.10 Å². The van der Waals surface area contributed by atoms with Crippen LogP contribution in [-0.2, 0) is 26.0 Å². The number of carbonyl (C=O) groups is 1. The second-order valence-corrected chi connectivity index (χ2v) is 9.36. The van der Waals surface area contributed by atoms with Gasteiger partial charge in [-0.2, -0.15) is 9.41 Å². The number of nitrogens with one attached hydrogen (secondary N) is 1. The summed E-state index contributed by atoms with van der Waals surface area (Å²) in [5, 5.41) is 3.95. The van der Waals surface area contributed by atoms with Crippen molar-refractivity contribution in [3.05, 3.63) is 64.1 Å². The third-order valence-corrected chi connectivity index (χ3v) is 6.83. The fourth-order valence-corrected chi connectivity index (χ4v) is 4.67. The number of ether oxygens (including phenoxy) is 1. The molecule has 1 amide bonds. The fourth-order valence-electron chi connectivity index (χ4n) is 2.84. The van der Waals surface area contributed by atoms with Crippen LogP contribution >= 0.6 is 15.9 Å². The summed E-state index contributed by atoms with van der Waals surface area (Å²) in [7, 11) is -3.50. The first-order valence-corrected chi connectivity index (χ1v) is 11.4. The third-order valence-electron chi connectivity index (χ3n) is 4.42. The van der Waals surface area contributed by atoms with Gasteiger partial charge >= 0.3 is 0 Å². The van der Waals surface area contributed by atoms with Crippen molar-refractivity contribution in [3.63, 3.8) is 0 Å². The van der Waals surface area contributed by atoms with Crippen LogP contribution in [0.2, 0.25) is 0 Å². The molecule has 7 nitrogen and oxygen atoms in total. The number of halogens is 1. The lowest BCUT2D eigenvalue weighted by Gasteiger charge is -2.26. The maximum Gasteiger partial charge on any atom is 0.243 e. The van der Waals surface area contributed by atoms with E-state index in [9.17, 15) is 13.2 Å². The van der Waals surface area contributed by atoms with Crippen molar-refractivity contribution < 1.29 is 17.9 Å². The van der Waals surface area contributed by atoms with Gasteiger partial charge in [-0.25, -0.2) is 13.8 Å². The largest absolute Gasteiger partial charge is 0.379 e. The molecule has 0 unspecified atom stereocenters. The molecule has 154 valence electrons. The van der Waals surface area contributed by atoms with Crippen LogP contribution in [0.4, 0.5) is 0 Å². The summed E-state index contributed by atoms with van der Waals surface area (Å²) in [5.74, 6) is -0.207. The molecule has 0 spiro atoms. The first-order valence-electron chi connectivity index (χ1n) is 9.19. The maximum atomic E-state index is 12.6. The number of amides is 1. The summed E-state index contributed by atoms with van der Waals surface area (Å²) in [6.07, 6.45) is 2.33. The van der Waals surface area contributed by atoms with E-state index in [-0.39, 0.29) is 17.2 Å². The predicted molar refractivity (Wildman–Crippen MR) is 114 cm³/mol. The van der Waals surface area contributed by atoms with Crippen LogP contribution in [-0.4, -0.2) is 51.1 Å². The van der Waals surface area contributed by atoms with E-state index >= 15 is 0 Å². The van der Waals surface area contributed by atoms with Gasteiger partial charge in [0.1, 0.15) is 0 Å². The highest BCUT2D eigenvalue weighted by Gasteiger charge is 2.26. The SMILES string of the molecule is O=C(CCc1ccc(S(=O)(=O)N2CCOCC2)cc1)N/N=C/c1cccc(Br)c1. The topological polar surface area (TPSA) is 88.1 Å². The molecular weight excluding hydrogens is 458 g/mol. The molecule has 2 aromatic rings. The molecule has 29 heavy (non-hydrogen) atoms. The van der Waals surface area contributed by atoms with Crippen molar-refractivity contribution >= 4 is 38.1 Å². The van der Waals surface area contributed by atoms with Crippen LogP contribution in [0.25, 0.3) is 0 Å². The number of hydrogen-bond acceptors (Lipinski definition) is 5. The van der Waals surface area contributed by atoms with E-state index in [0.717, 1.165) is 15.6 Å². The second-order valence-electron chi connectivity index (χ2n) is 6.51. The van der Waals surface area contributed by atoms with Crippen LogP contribution in [0.3, 0.4) is 0 Å². The van der Waals surface area contributed by atoms with Gasteiger partial charge in [-0.3, -0.25) is 4.79 Å². The lowest BCUT2D eigenvalue weighted by molar-refractivity contribution is -0.121. The molecule has 1 aliphatic heterocycles. The van der Waals surface area contributed by atoms with E-state index in [0.29, 0.717) is 32.7 Å². The molecular formula is C20H22BrN3O4S. The molecule has 1 aliphatic rings. The number of aryl methyl sites for hydroxylation is 1. The molecule has 1 fully saturated rings. The first-order chi connectivity index (χ1) is 13.9. The Balaban J connectivity index is 1.50. The molecule has 2 aromatic carbocycles. The third kappa shape index (κ3) is 6.20. The molecule has 0 bridgehead atoms. The Bertz CT molecular complexity index is 971. The number of nitrogens with zero attached hydrogens (tertiary/aromatic N) is 2. The van der Waals surface area contributed by atoms with E-state index in [1.165, 1.54) is 4.31 Å². The van der Waals surface area contributed by atoms with Gasteiger partial charge in [-0.05, 0) is 41.8 Å². The number of hydrazone groups is 1. The number of morpholine rings is 1. The number of carbonyl (C=O) groups excluding carboxylic acids is 1. The molecule has 0 saturated carbocycles. The van der Waals surface area contributed by atoms with E-state index in [1.54, 1.807) is 30.5 Å². The van der Waals surface area contributed by atoms with Gasteiger partial charge in [0.2, 0.25) is 15.9 Å². The van der Waals surface area contributed by atoms with Gasteiger partial charge in [0.15, 0.2) is 0 Å². The van der Waals surface area contributed by atoms with E-state index in [2.05, 4.69) is 26.5 Å². The second kappa shape index (κ2) is 10.1. The zero-order valence-corrected chi connectivity index (χ0v) is 18.2. The molecule has 3 rings (SSSR count). The Hall–Kier alpha value is -2.07. The average Bonchev–Trinajstić information content (AvgIpc) is 2.73. The Morgan fingerprint density at radius 1 is 1.17 bits per heavy atom. The Morgan fingerprint density at radius 3 is 2.59 bits per heavy atom. The van der Waals surface area contributed by atoms with Crippen molar-refractivity contribution in [3.8, 4) is 0 Å². The lowest BCUT2D eigenvalue weighted by atomic mass is 10.1. The highest BCUT2D eigenvalue weighted by molar-refractivity contribution is 9.10. The number of sulfonamides is 1. The van der Waals surface area contributed by atoms with Crippen molar-refractivity contribution in [1.82, 2.24) is 9.73 Å². The quantitative estimate of drug-likeness (QED) is 0.488. The Labute approximate surface area is 178 Å². The monoisotopic (exact) mass is 479 g/mol. The van der Waals surface area contributed by atoms with Gasteiger partial charge < -0.3 is 4.74 Å². The average molecular weight is 480 g/mol. The summed E-state index contributed by atoms with van der Waals surface area (Å²) in [5.41, 5.74) is 4.26. The van der Waals surface area contributed by atoms with Crippen LogP contribution < -0.4 is 5.43 Å². The minimum atomic E-state index is -3.50. The molecule has 1 heterocycles. The fraction of sp³-hybridized carbons (Fsp3) is 0.300. The number of rotatable bonds is 7. The van der Waals surface area contributed by atoms with Crippen molar-refractivity contribution in [2.75, 3.05) is 26.3 Å². The highest BCUT2D eigenvalue weighted by Crippen LogP contribution is 2.18. The van der Waals surface area contributed by atoms with Crippen LogP contribution in [0.15, 0.2) is 63.0 Å². The zero-order valence-electron chi connectivity index (χ0n) is 15.8. The van der Waals surface area contributed by atoms with Crippen molar-refractivity contribution in [2.45, 2.75) is 17.7 Å². The number of hydrogen-bond donors (Lipinski definition) is 1. The van der Waals surface area contributed by atoms with E-state index in [4.69, 9.17) is 4.74 Å². The number of benzene rings is 2. The molecule has 1 N–H and O–H groups in total. The van der Waals surface area contributed by atoms with E-state index in [1.807, 2.05) is 24.3 Å². The summed E-state index contributed by atoms with van der Waals surface area (Å²) >= 11 is 3.38. The van der Waals surface area contributed by atoms with Crippen molar-refractivity contribution in [1.29, 1.82) is 0 Å². The maximum absolute atomic E-state index is 12.6. The van der Waals surface area contributed by atoms with Gasteiger partial charge in [0.25, 0.3) is 0 Å². The normalized spacial score (nSPS) is 15.5. The smallest absolute Gasteiger partial charge is 0.243 e. The highest BCUT2D eigenvalue weighted by atomic mass is 79.9. The van der Waals surface area contributed by atoms with Gasteiger partial charge in [0, 0.05) is 24.0 Å². The summed E-state index contributed by atoms with van der Waals surface area (Å²) in [6, 6.07) is 14.2. The van der Waals surface area contributed by atoms with Crippen LogP contribution in [0, 0.1) is 0 Å². The van der Waals surface area contributed by atoms with Gasteiger partial charge in [-0.15, -0.1) is 0 Å². The minimum absolute atomic E-state index is 0.207. The van der Waals surface area contributed by atoms with Crippen LogP contribution in [0.5, 0.6) is 0 Å². The summed E-state index contributed by atoms with van der Waals surface area (Å²) in [6.45, 7) is 1.56. The molecule has 0 aromatic heterocycles. The molecule has 0 atom stereocenters. The Morgan fingerprint density at radius 2 is 1.90 bits per heavy atom. The van der Waals surface area contributed by atoms with Crippen LogP contribution in [0.1, 0.15) is 17.5 Å². The van der Waals surface area contributed by atoms with Gasteiger partial charge in [-0.1, -0.05) is 40.2 Å².